The molecule has 0 nitrogen and oxygen atoms in total. The molecular weight excluding hydrogens is 431 g/mol. The first-order valence-corrected chi connectivity index (χ1v) is 11.1. The zero-order chi connectivity index (χ0) is 23.5. The Bertz CT molecular complexity index is 1230. The van der Waals surface area contributed by atoms with Crippen molar-refractivity contribution < 1.29 is 22.0 Å². The largest absolute Gasteiger partial charge is 0.207 e. The van der Waals surface area contributed by atoms with Crippen LogP contribution in [-0.4, -0.2) is 0 Å². The number of rotatable bonds is 4. The van der Waals surface area contributed by atoms with Crippen LogP contribution < -0.4 is 0 Å². The van der Waals surface area contributed by atoms with Gasteiger partial charge in [0.05, 0.1) is 5.56 Å². The second-order valence-corrected chi connectivity index (χ2v) is 8.47. The van der Waals surface area contributed by atoms with Gasteiger partial charge in [-0.2, -0.15) is 0 Å². The number of benzene rings is 3. The van der Waals surface area contributed by atoms with Crippen LogP contribution in [0.25, 0.3) is 0 Å². The van der Waals surface area contributed by atoms with E-state index in [9.17, 15) is 17.6 Å². The molecule has 0 amide bonds. The number of hydrogen-bond donors (Lipinski definition) is 0. The lowest BCUT2D eigenvalue weighted by Gasteiger charge is -2.26. The van der Waals surface area contributed by atoms with Crippen molar-refractivity contribution in [1.82, 2.24) is 0 Å². The van der Waals surface area contributed by atoms with Crippen LogP contribution in [0.15, 0.2) is 42.5 Å². The van der Waals surface area contributed by atoms with Crippen LogP contribution in [-0.2, 0) is 19.3 Å². The zero-order valence-corrected chi connectivity index (χ0v) is 18.3. The Kier molecular flexibility index (Phi) is 6.83. The molecule has 0 spiro atoms. The Labute approximate surface area is 190 Å². The lowest BCUT2D eigenvalue weighted by Crippen LogP contribution is -2.16. The number of aryl methyl sites for hydroxylation is 1. The molecule has 0 fully saturated rings. The van der Waals surface area contributed by atoms with Gasteiger partial charge in [0.15, 0.2) is 17.5 Å². The smallest absolute Gasteiger partial charge is 0.194 e. The van der Waals surface area contributed by atoms with Crippen molar-refractivity contribution in [1.29, 1.82) is 0 Å². The molecule has 4 rings (SSSR count). The molecule has 0 heterocycles. The first-order valence-electron chi connectivity index (χ1n) is 11.1. The molecule has 0 saturated carbocycles. The van der Waals surface area contributed by atoms with Crippen LogP contribution in [0.5, 0.6) is 0 Å². The van der Waals surface area contributed by atoms with Crippen molar-refractivity contribution >= 4 is 0 Å². The molecule has 0 aromatic heterocycles. The summed E-state index contributed by atoms with van der Waals surface area (Å²) in [5.74, 6) is 0.109. The highest BCUT2D eigenvalue weighted by atomic mass is 19.2. The molecule has 1 unspecified atom stereocenters. The van der Waals surface area contributed by atoms with E-state index in [1.165, 1.54) is 6.07 Å². The van der Waals surface area contributed by atoms with Gasteiger partial charge in [0.2, 0.25) is 0 Å². The van der Waals surface area contributed by atoms with Gasteiger partial charge in [-0.05, 0) is 84.5 Å². The molecular formula is C28H23F5. The molecule has 1 aliphatic carbocycles. The number of hydrogen-bond acceptors (Lipinski definition) is 0. The van der Waals surface area contributed by atoms with Gasteiger partial charge in [0, 0.05) is 5.56 Å². The number of fused-ring (bicyclic) bond motifs is 1. The Balaban J connectivity index is 1.55. The maximum Gasteiger partial charge on any atom is 0.194 e. The van der Waals surface area contributed by atoms with E-state index in [0.717, 1.165) is 42.5 Å². The van der Waals surface area contributed by atoms with Gasteiger partial charge in [-0.1, -0.05) is 43.4 Å². The van der Waals surface area contributed by atoms with Gasteiger partial charge in [0.1, 0.15) is 11.6 Å². The zero-order valence-electron chi connectivity index (χ0n) is 18.3. The third-order valence-corrected chi connectivity index (χ3v) is 6.20. The van der Waals surface area contributed by atoms with E-state index in [4.69, 9.17) is 0 Å². The minimum absolute atomic E-state index is 0.0285. The summed E-state index contributed by atoms with van der Waals surface area (Å²) in [7, 11) is 0. The number of unbranched alkanes of at least 4 members (excludes halogenated alkanes) is 1. The SMILES string of the molecule is CCCCc1ccc(C2CCc3c(ccc(C#Cc4cc(F)c(F)c(F)c4)c3F)C2)c(F)c1. The van der Waals surface area contributed by atoms with E-state index in [-0.39, 0.29) is 22.9 Å². The quantitative estimate of drug-likeness (QED) is 0.219. The van der Waals surface area contributed by atoms with Gasteiger partial charge in [-0.3, -0.25) is 0 Å². The monoisotopic (exact) mass is 454 g/mol. The summed E-state index contributed by atoms with van der Waals surface area (Å²) in [6.45, 7) is 2.10. The van der Waals surface area contributed by atoms with Crippen molar-refractivity contribution in [2.75, 3.05) is 0 Å². The van der Waals surface area contributed by atoms with E-state index < -0.39 is 23.3 Å². The maximum atomic E-state index is 15.1. The summed E-state index contributed by atoms with van der Waals surface area (Å²) >= 11 is 0. The molecule has 1 atom stereocenters. The van der Waals surface area contributed by atoms with E-state index in [1.54, 1.807) is 12.1 Å². The minimum atomic E-state index is -1.57. The highest BCUT2D eigenvalue weighted by Crippen LogP contribution is 2.36. The predicted molar refractivity (Wildman–Crippen MR) is 118 cm³/mol. The molecule has 0 aliphatic heterocycles. The van der Waals surface area contributed by atoms with Crippen molar-refractivity contribution in [3.05, 3.63) is 105 Å². The van der Waals surface area contributed by atoms with Crippen LogP contribution in [0.1, 0.15) is 65.5 Å². The topological polar surface area (TPSA) is 0 Å². The lowest BCUT2D eigenvalue weighted by atomic mass is 9.79. The fourth-order valence-electron chi connectivity index (χ4n) is 4.38. The van der Waals surface area contributed by atoms with E-state index in [2.05, 4.69) is 18.8 Å². The second kappa shape index (κ2) is 9.79. The van der Waals surface area contributed by atoms with Crippen LogP contribution in [0.4, 0.5) is 22.0 Å². The highest BCUT2D eigenvalue weighted by Gasteiger charge is 2.25. The molecule has 0 saturated heterocycles. The Morgan fingerprint density at radius 2 is 1.61 bits per heavy atom. The molecule has 5 heteroatoms. The van der Waals surface area contributed by atoms with Crippen molar-refractivity contribution in [3.63, 3.8) is 0 Å². The molecule has 0 bridgehead atoms. The van der Waals surface area contributed by atoms with Crippen molar-refractivity contribution in [2.24, 2.45) is 0 Å². The molecule has 0 radical (unpaired) electrons. The minimum Gasteiger partial charge on any atom is -0.207 e. The van der Waals surface area contributed by atoms with Crippen LogP contribution in [0, 0.1) is 40.9 Å². The summed E-state index contributed by atoms with van der Waals surface area (Å²) in [4.78, 5) is 0. The molecule has 33 heavy (non-hydrogen) atoms. The molecule has 3 aromatic rings. The van der Waals surface area contributed by atoms with Crippen LogP contribution in [0.3, 0.4) is 0 Å². The average Bonchev–Trinajstić information content (AvgIpc) is 2.80. The van der Waals surface area contributed by atoms with Crippen molar-refractivity contribution in [3.8, 4) is 11.8 Å². The van der Waals surface area contributed by atoms with E-state index >= 15 is 4.39 Å². The van der Waals surface area contributed by atoms with E-state index in [1.807, 2.05) is 12.1 Å². The summed E-state index contributed by atoms with van der Waals surface area (Å²) in [6.07, 6.45) is 4.51. The fourth-order valence-corrected chi connectivity index (χ4v) is 4.38. The van der Waals surface area contributed by atoms with Gasteiger partial charge in [-0.15, -0.1) is 0 Å². The van der Waals surface area contributed by atoms with Gasteiger partial charge < -0.3 is 0 Å². The summed E-state index contributed by atoms with van der Waals surface area (Å²) in [5.41, 5.74) is 3.01. The fraction of sp³-hybridized carbons (Fsp3) is 0.286. The van der Waals surface area contributed by atoms with Gasteiger partial charge in [-0.25, -0.2) is 22.0 Å². The Morgan fingerprint density at radius 1 is 0.848 bits per heavy atom. The van der Waals surface area contributed by atoms with Gasteiger partial charge in [0.25, 0.3) is 0 Å². The molecule has 0 N–H and O–H groups in total. The maximum absolute atomic E-state index is 15.1. The number of halogens is 5. The average molecular weight is 454 g/mol. The summed E-state index contributed by atoms with van der Waals surface area (Å²) < 4.78 is 69.7. The van der Waals surface area contributed by atoms with E-state index in [0.29, 0.717) is 30.4 Å². The normalized spacial score (nSPS) is 15.0. The Hall–Kier alpha value is -3.13. The second-order valence-electron chi connectivity index (χ2n) is 8.47. The van der Waals surface area contributed by atoms with Crippen LogP contribution >= 0.6 is 0 Å². The van der Waals surface area contributed by atoms with Crippen molar-refractivity contribution in [2.45, 2.75) is 51.4 Å². The Morgan fingerprint density at radius 3 is 2.30 bits per heavy atom. The first-order chi connectivity index (χ1) is 15.9. The summed E-state index contributed by atoms with van der Waals surface area (Å²) in [5, 5.41) is 0. The summed E-state index contributed by atoms with van der Waals surface area (Å²) in [6, 6.07) is 10.3. The predicted octanol–water partition coefficient (Wildman–Crippen LogP) is 7.40. The first kappa shape index (κ1) is 23.0. The highest BCUT2D eigenvalue weighted by molar-refractivity contribution is 5.48. The third-order valence-electron chi connectivity index (χ3n) is 6.20. The molecule has 1 aliphatic rings. The molecule has 3 aromatic carbocycles. The third kappa shape index (κ3) is 4.95. The standard InChI is InChI=1S/C28H23F5/c1-2-3-4-17-6-11-22(24(29)13-17)20-10-12-23-21(16-20)9-8-19(27(23)32)7-5-18-14-25(30)28(33)26(31)15-18/h6,8-9,11,13-15,20H,2-4,10,12,16H2,1H3. The lowest BCUT2D eigenvalue weighted by molar-refractivity contribution is 0.446. The molecule has 170 valence electrons. The van der Waals surface area contributed by atoms with Crippen LogP contribution in [0.2, 0.25) is 0 Å². The van der Waals surface area contributed by atoms with Gasteiger partial charge >= 0.3 is 0 Å².